The molecule has 4 aliphatic carbocycles. The Hall–Kier alpha value is -2.92. The van der Waals surface area contributed by atoms with E-state index in [4.69, 9.17) is 11.6 Å². The summed E-state index contributed by atoms with van der Waals surface area (Å²) in [5.41, 5.74) is 1.36. The molecule has 3 amide bonds. The van der Waals surface area contributed by atoms with Gasteiger partial charge in [0.25, 0.3) is 0 Å². The number of imide groups is 1. The number of halogens is 1. The number of carbonyl (C=O) groups is 3. The summed E-state index contributed by atoms with van der Waals surface area (Å²) in [7, 11) is 0. The van der Waals surface area contributed by atoms with Gasteiger partial charge in [0.1, 0.15) is 6.04 Å². The molecule has 7 atom stereocenters. The van der Waals surface area contributed by atoms with Crippen molar-refractivity contribution in [2.45, 2.75) is 18.9 Å². The van der Waals surface area contributed by atoms with Crippen LogP contribution in [0.25, 0.3) is 0 Å². The minimum atomic E-state index is -0.921. The topological polar surface area (TPSA) is 66.5 Å². The summed E-state index contributed by atoms with van der Waals surface area (Å²) in [5.74, 6) is -0.145. The zero-order valence-corrected chi connectivity index (χ0v) is 18.1. The number of rotatable bonds is 5. The maximum absolute atomic E-state index is 13.6. The molecule has 0 radical (unpaired) electrons. The normalized spacial score (nSPS) is 32.5. The first-order valence-corrected chi connectivity index (χ1v) is 11.6. The number of likely N-dealkylation sites (tertiary alicyclic amines) is 1. The van der Waals surface area contributed by atoms with Crippen molar-refractivity contribution in [2.75, 3.05) is 5.32 Å². The number of nitrogens with one attached hydrogen (secondary N) is 1. The lowest BCUT2D eigenvalue weighted by Crippen LogP contribution is -2.49. The molecular formula is C26H23ClN2O3. The maximum Gasteiger partial charge on any atom is 0.248 e. The first kappa shape index (κ1) is 19.7. The number of allylic oxidation sites excluding steroid dienone is 2. The molecule has 2 aromatic carbocycles. The molecule has 1 saturated heterocycles. The Kier molecular flexibility index (Phi) is 4.51. The van der Waals surface area contributed by atoms with E-state index < -0.39 is 11.9 Å². The molecule has 1 aliphatic heterocycles. The molecule has 0 spiro atoms. The van der Waals surface area contributed by atoms with E-state index in [1.54, 1.807) is 24.3 Å². The molecule has 2 bridgehead atoms. The number of hydrogen-bond acceptors (Lipinski definition) is 3. The number of hydrogen-bond donors (Lipinski definition) is 1. The second-order valence-corrected chi connectivity index (χ2v) is 9.78. The van der Waals surface area contributed by atoms with Crippen LogP contribution in [0.15, 0.2) is 66.7 Å². The van der Waals surface area contributed by atoms with Crippen LogP contribution >= 0.6 is 11.6 Å². The largest absolute Gasteiger partial charge is 0.323 e. The number of benzene rings is 2. The van der Waals surface area contributed by atoms with E-state index in [0.29, 0.717) is 22.5 Å². The summed E-state index contributed by atoms with van der Waals surface area (Å²) in [6, 6.07) is 15.6. The van der Waals surface area contributed by atoms with Crippen molar-refractivity contribution in [2.24, 2.45) is 35.5 Å². The highest BCUT2D eigenvalue weighted by Gasteiger charge is 2.67. The third-order valence-electron chi connectivity index (χ3n) is 7.71. The monoisotopic (exact) mass is 446 g/mol. The van der Waals surface area contributed by atoms with Gasteiger partial charge >= 0.3 is 0 Å². The molecule has 2 aromatic rings. The van der Waals surface area contributed by atoms with Crippen molar-refractivity contribution in [3.05, 3.63) is 77.3 Å². The molecule has 0 aromatic heterocycles. The standard InChI is InChI=1S/C26H23ClN2O3/c27-19-8-4-5-9-20(19)28-24(30)21(12-14-6-2-1-3-7-14)29-25(31)22-15-10-11-16(18-13-17(15)18)23(22)26(29)32/h1-11,15-18,21-23H,12-13H2,(H,28,30)/t15-,16-,17-,18-,21-,22-,23+/m1/s1. The summed E-state index contributed by atoms with van der Waals surface area (Å²) in [5, 5.41) is 3.26. The molecule has 32 heavy (non-hydrogen) atoms. The van der Waals surface area contributed by atoms with Gasteiger partial charge in [-0.25, -0.2) is 0 Å². The number of para-hydroxylation sites is 1. The molecule has 0 unspecified atom stereocenters. The Morgan fingerprint density at radius 1 is 0.938 bits per heavy atom. The maximum atomic E-state index is 13.6. The highest BCUT2D eigenvalue weighted by molar-refractivity contribution is 6.33. The van der Waals surface area contributed by atoms with Gasteiger partial charge < -0.3 is 5.32 Å². The van der Waals surface area contributed by atoms with Crippen LogP contribution in [0.3, 0.4) is 0 Å². The van der Waals surface area contributed by atoms with Gasteiger partial charge in [-0.3, -0.25) is 19.3 Å². The molecule has 5 aliphatic rings. The van der Waals surface area contributed by atoms with Crippen molar-refractivity contribution in [1.29, 1.82) is 0 Å². The number of nitrogens with zero attached hydrogens (tertiary/aromatic N) is 1. The Labute approximate surface area is 191 Å². The molecule has 1 N–H and O–H groups in total. The van der Waals surface area contributed by atoms with Gasteiger partial charge in [0.05, 0.1) is 22.5 Å². The van der Waals surface area contributed by atoms with E-state index in [2.05, 4.69) is 17.5 Å². The average molecular weight is 447 g/mol. The highest BCUT2D eigenvalue weighted by Crippen LogP contribution is 2.65. The van der Waals surface area contributed by atoms with Crippen molar-refractivity contribution in [3.8, 4) is 0 Å². The lowest BCUT2D eigenvalue weighted by molar-refractivity contribution is -0.146. The zero-order chi connectivity index (χ0) is 22.0. The SMILES string of the molecule is O=C(Nc1ccccc1Cl)[C@@H](Cc1ccccc1)N1C(=O)[C@@H]2[C@@H]3C=C[C@H]([C@H]4C[C@H]34)[C@@H]2C1=O. The van der Waals surface area contributed by atoms with E-state index in [-0.39, 0.29) is 41.9 Å². The van der Waals surface area contributed by atoms with E-state index in [1.807, 2.05) is 30.3 Å². The van der Waals surface area contributed by atoms with Gasteiger partial charge in [-0.15, -0.1) is 0 Å². The number of anilines is 1. The number of carbonyl (C=O) groups excluding carboxylic acids is 3. The Morgan fingerprint density at radius 2 is 1.53 bits per heavy atom. The summed E-state index contributed by atoms with van der Waals surface area (Å²) >= 11 is 6.25. The van der Waals surface area contributed by atoms with Crippen molar-refractivity contribution in [1.82, 2.24) is 4.90 Å². The van der Waals surface area contributed by atoms with Gasteiger partial charge in [-0.2, -0.15) is 0 Å². The Balaban J connectivity index is 1.34. The summed E-state index contributed by atoms with van der Waals surface area (Å²) in [6.07, 6.45) is 5.66. The lowest BCUT2D eigenvalue weighted by atomic mass is 9.63. The van der Waals surface area contributed by atoms with Gasteiger partial charge in [0.15, 0.2) is 0 Å². The van der Waals surface area contributed by atoms with Crippen LogP contribution in [0.1, 0.15) is 12.0 Å². The summed E-state index contributed by atoms with van der Waals surface area (Å²) in [6.45, 7) is 0. The molecule has 6 heteroatoms. The fourth-order valence-corrected chi connectivity index (χ4v) is 6.39. The average Bonchev–Trinajstić information content (AvgIpc) is 3.58. The molecular weight excluding hydrogens is 424 g/mol. The summed E-state index contributed by atoms with van der Waals surface area (Å²) < 4.78 is 0. The van der Waals surface area contributed by atoms with Crippen LogP contribution in [0.2, 0.25) is 5.02 Å². The first-order valence-electron chi connectivity index (χ1n) is 11.2. The molecule has 7 rings (SSSR count). The first-order chi connectivity index (χ1) is 15.5. The summed E-state index contributed by atoms with van der Waals surface area (Å²) in [4.78, 5) is 42.0. The van der Waals surface area contributed by atoms with Crippen LogP contribution < -0.4 is 5.32 Å². The fourth-order valence-electron chi connectivity index (χ4n) is 6.20. The minimum Gasteiger partial charge on any atom is -0.323 e. The fraction of sp³-hybridized carbons (Fsp3) is 0.346. The van der Waals surface area contributed by atoms with Crippen LogP contribution in [0, 0.1) is 35.5 Å². The van der Waals surface area contributed by atoms with Crippen molar-refractivity contribution in [3.63, 3.8) is 0 Å². The van der Waals surface area contributed by atoms with Crippen LogP contribution in [0.4, 0.5) is 5.69 Å². The number of amides is 3. The van der Waals surface area contributed by atoms with E-state index in [1.165, 1.54) is 4.90 Å². The molecule has 5 nitrogen and oxygen atoms in total. The van der Waals surface area contributed by atoms with Crippen LogP contribution in [0.5, 0.6) is 0 Å². The Morgan fingerprint density at radius 3 is 2.16 bits per heavy atom. The van der Waals surface area contributed by atoms with Crippen LogP contribution in [-0.2, 0) is 20.8 Å². The molecule has 2 saturated carbocycles. The smallest absolute Gasteiger partial charge is 0.248 e. The van der Waals surface area contributed by atoms with Crippen LogP contribution in [-0.4, -0.2) is 28.7 Å². The van der Waals surface area contributed by atoms with Gasteiger partial charge in [0.2, 0.25) is 17.7 Å². The second-order valence-electron chi connectivity index (χ2n) is 9.38. The highest BCUT2D eigenvalue weighted by atomic mass is 35.5. The van der Waals surface area contributed by atoms with Gasteiger partial charge in [-0.1, -0.05) is 66.2 Å². The van der Waals surface area contributed by atoms with Crippen molar-refractivity contribution < 1.29 is 14.4 Å². The van der Waals surface area contributed by atoms with E-state index in [0.717, 1.165) is 12.0 Å². The minimum absolute atomic E-state index is 0.125. The molecule has 3 fully saturated rings. The van der Waals surface area contributed by atoms with E-state index >= 15 is 0 Å². The Bertz CT molecular complexity index is 1110. The van der Waals surface area contributed by atoms with Gasteiger partial charge in [0, 0.05) is 6.42 Å². The van der Waals surface area contributed by atoms with Crippen molar-refractivity contribution >= 4 is 35.0 Å². The zero-order valence-electron chi connectivity index (χ0n) is 17.4. The third kappa shape index (κ3) is 2.95. The second kappa shape index (κ2) is 7.31. The molecule has 162 valence electrons. The lowest BCUT2D eigenvalue weighted by Gasteiger charge is -2.37. The quantitative estimate of drug-likeness (QED) is 0.558. The van der Waals surface area contributed by atoms with E-state index in [9.17, 15) is 14.4 Å². The van der Waals surface area contributed by atoms with Gasteiger partial charge in [-0.05, 0) is 47.8 Å². The predicted octanol–water partition coefficient (Wildman–Crippen LogP) is 3.94. The predicted molar refractivity (Wildman–Crippen MR) is 121 cm³/mol. The third-order valence-corrected chi connectivity index (χ3v) is 8.04. The molecule has 1 heterocycles.